The van der Waals surface area contributed by atoms with Crippen molar-refractivity contribution in [3.05, 3.63) is 240 Å². The maximum atomic E-state index is 13.6. The minimum Gasteiger partial charge on any atom is -0.457 e. The topological polar surface area (TPSA) is 244 Å². The summed E-state index contributed by atoms with van der Waals surface area (Å²) in [5, 5.41) is 33.0. The second-order valence-corrected chi connectivity index (χ2v) is 23.8. The van der Waals surface area contributed by atoms with E-state index in [4.69, 9.17) is 13.9 Å². The first kappa shape index (κ1) is 60.9. The van der Waals surface area contributed by atoms with Gasteiger partial charge in [0, 0.05) is 74.7 Å². The summed E-state index contributed by atoms with van der Waals surface area (Å²) in [5.41, 5.74) is 9.70. The van der Waals surface area contributed by atoms with Crippen LogP contribution in [0.4, 0.5) is 30.2 Å². The van der Waals surface area contributed by atoms with Gasteiger partial charge in [-0.2, -0.15) is 0 Å². The molecule has 2 aliphatic heterocycles. The van der Waals surface area contributed by atoms with Gasteiger partial charge in [-0.1, -0.05) is 138 Å². The molecular formula is C69H51F3N12O6S3. The van der Waals surface area contributed by atoms with Crippen molar-refractivity contribution >= 4 is 92.0 Å². The van der Waals surface area contributed by atoms with Gasteiger partial charge in [-0.15, -0.1) is 15.3 Å². The molecule has 18 nitrogen and oxygen atoms in total. The highest BCUT2D eigenvalue weighted by Gasteiger charge is 2.21. The Morgan fingerprint density at radius 1 is 0.398 bits per heavy atom. The molecule has 0 bridgehead atoms. The first-order valence-electron chi connectivity index (χ1n) is 29.0. The Kier molecular flexibility index (Phi) is 18.4. The van der Waals surface area contributed by atoms with Crippen molar-refractivity contribution in [1.82, 2.24) is 45.5 Å². The quantitative estimate of drug-likeness (QED) is 0.0523. The number of carbonyl (C=O) groups is 3. The predicted molar refractivity (Wildman–Crippen MR) is 353 cm³/mol. The van der Waals surface area contributed by atoms with E-state index in [0.717, 1.165) is 62.6 Å². The highest BCUT2D eigenvalue weighted by molar-refractivity contribution is 8.00. The van der Waals surface area contributed by atoms with Crippen LogP contribution in [0.3, 0.4) is 0 Å². The molecule has 0 saturated carbocycles. The number of ether oxygens (including phenoxy) is 2. The molecular weight excluding hydrogens is 1250 g/mol. The zero-order valence-electron chi connectivity index (χ0n) is 48.8. The molecule has 4 aromatic heterocycles. The maximum Gasteiger partial charge on any atom is 0.234 e. The number of aryl methyl sites for hydroxylation is 2. The van der Waals surface area contributed by atoms with E-state index in [-0.39, 0.29) is 52.4 Å². The third kappa shape index (κ3) is 15.3. The van der Waals surface area contributed by atoms with Gasteiger partial charge >= 0.3 is 0 Å². The summed E-state index contributed by atoms with van der Waals surface area (Å²) >= 11 is 3.77. The second kappa shape index (κ2) is 28.1. The average molecular weight is 1300 g/mol. The number of hydrogen-bond donors (Lipinski definition) is 6. The zero-order chi connectivity index (χ0) is 63.6. The smallest absolute Gasteiger partial charge is 0.234 e. The Morgan fingerprint density at radius 2 is 0.817 bits per heavy atom. The van der Waals surface area contributed by atoms with Crippen LogP contribution in [0.2, 0.25) is 0 Å². The number of halogens is 3. The van der Waals surface area contributed by atoms with Crippen LogP contribution in [0, 0.1) is 17.5 Å². The van der Waals surface area contributed by atoms with E-state index in [0.29, 0.717) is 90.6 Å². The van der Waals surface area contributed by atoms with Crippen LogP contribution in [0.5, 0.6) is 23.0 Å². The Balaban J connectivity index is 0.000000127. The Hall–Kier alpha value is -11.0. The molecule has 9 aromatic carbocycles. The number of nitrogens with zero attached hydrogens (tertiary/aromatic N) is 6. The number of aromatic amines is 3. The van der Waals surface area contributed by atoms with Gasteiger partial charge in [0.15, 0.2) is 17.5 Å². The summed E-state index contributed by atoms with van der Waals surface area (Å²) in [6.07, 6.45) is 2.10. The minimum atomic E-state index is -0.352. The first-order valence-corrected chi connectivity index (χ1v) is 31.9. The van der Waals surface area contributed by atoms with Crippen molar-refractivity contribution in [2.24, 2.45) is 0 Å². The van der Waals surface area contributed by atoms with Crippen molar-refractivity contribution in [3.8, 4) is 57.2 Å². The third-order valence-electron chi connectivity index (χ3n) is 14.5. The molecule has 6 N–H and O–H groups in total. The fourth-order valence-electron chi connectivity index (χ4n) is 10.1. The van der Waals surface area contributed by atoms with Gasteiger partial charge in [0.05, 0.1) is 17.3 Å². The van der Waals surface area contributed by atoms with Gasteiger partial charge in [0.2, 0.25) is 33.2 Å². The standard InChI is InChI=1S/C24H19FN4O2S.C23H17FN4O2S.C22H15FN4O2S/c25-18-9-8-15-6-7-17-12-19(10-11-20(17)31-21(15)13-18)26-22(30)14-32-24-27-23(28-29-24)16-4-2-1-3-5-16;24-17-7-6-15-10-16-11-18(8-9-19(16)30-20(15)12-17)25-21(29)13-31-23-26-22(27-28-23)14-4-2-1-3-5-14;23-14-6-8-16-17-11-15(7-9-18(17)29-19(16)10-14)24-20(28)12-30-22-25-21(26-27-22)13-4-2-1-3-5-13/h1-5,8-13H,6-7,14H2,(H,26,30)(H,27,28,29);1-9,11-12H,10,13H2,(H,25,29)(H,26,27,28);1-11H,12H2,(H,24,28)(H,25,26,27). The summed E-state index contributed by atoms with van der Waals surface area (Å²) in [4.78, 5) is 50.5. The molecule has 462 valence electrons. The lowest BCUT2D eigenvalue weighted by atomic mass is 10.00. The van der Waals surface area contributed by atoms with Crippen molar-refractivity contribution in [1.29, 1.82) is 0 Å². The maximum absolute atomic E-state index is 13.6. The van der Waals surface area contributed by atoms with E-state index in [9.17, 15) is 27.6 Å². The molecule has 2 aliphatic rings. The largest absolute Gasteiger partial charge is 0.457 e. The van der Waals surface area contributed by atoms with E-state index in [1.54, 1.807) is 54.6 Å². The number of H-pyrrole nitrogens is 3. The molecule has 0 unspecified atom stereocenters. The van der Waals surface area contributed by atoms with Crippen molar-refractivity contribution in [3.63, 3.8) is 0 Å². The number of benzene rings is 9. The molecule has 0 saturated heterocycles. The Morgan fingerprint density at radius 3 is 1.33 bits per heavy atom. The molecule has 15 rings (SSSR count). The summed E-state index contributed by atoms with van der Waals surface area (Å²) in [7, 11) is 0. The highest BCUT2D eigenvalue weighted by Crippen LogP contribution is 2.39. The number of furan rings is 1. The van der Waals surface area contributed by atoms with Crippen LogP contribution < -0.4 is 25.4 Å². The summed E-state index contributed by atoms with van der Waals surface area (Å²) in [5.74, 6) is 3.45. The molecule has 3 amide bonds. The Bertz CT molecular complexity index is 4860. The number of nitrogens with one attached hydrogen (secondary N) is 6. The van der Waals surface area contributed by atoms with Crippen LogP contribution >= 0.6 is 35.3 Å². The summed E-state index contributed by atoms with van der Waals surface area (Å²) < 4.78 is 57.7. The summed E-state index contributed by atoms with van der Waals surface area (Å²) in [6.45, 7) is 0. The molecule has 0 aliphatic carbocycles. The fourth-order valence-corrected chi connectivity index (χ4v) is 11.9. The normalized spacial score (nSPS) is 11.8. The number of aromatic nitrogens is 9. The van der Waals surface area contributed by atoms with E-state index in [2.05, 4.69) is 61.5 Å². The lowest BCUT2D eigenvalue weighted by Crippen LogP contribution is -2.14. The van der Waals surface area contributed by atoms with Gasteiger partial charge < -0.3 is 29.8 Å². The minimum absolute atomic E-state index is 0.152. The number of amides is 3. The third-order valence-corrected chi connectivity index (χ3v) is 17.0. The van der Waals surface area contributed by atoms with Crippen LogP contribution in [0.15, 0.2) is 220 Å². The molecule has 0 fully saturated rings. The van der Waals surface area contributed by atoms with E-state index in [1.807, 2.05) is 109 Å². The van der Waals surface area contributed by atoms with Crippen LogP contribution in [-0.4, -0.2) is 80.5 Å². The lowest BCUT2D eigenvalue weighted by molar-refractivity contribution is -0.114. The number of fused-ring (bicyclic) bond motifs is 7. The zero-order valence-corrected chi connectivity index (χ0v) is 51.2. The van der Waals surface area contributed by atoms with Crippen LogP contribution in [0.25, 0.3) is 56.1 Å². The number of hydrogen-bond acceptors (Lipinski definition) is 15. The molecule has 24 heteroatoms. The second-order valence-electron chi connectivity index (χ2n) is 21.0. The average Bonchev–Trinajstić information content (AvgIpc) is 1.81. The monoisotopic (exact) mass is 1300 g/mol. The van der Waals surface area contributed by atoms with Gasteiger partial charge in [0.1, 0.15) is 51.6 Å². The molecule has 0 radical (unpaired) electrons. The molecule has 6 heterocycles. The Labute approximate surface area is 541 Å². The fraction of sp³-hybridized carbons (Fsp3) is 0.0870. The van der Waals surface area contributed by atoms with Crippen molar-refractivity contribution in [2.75, 3.05) is 33.2 Å². The summed E-state index contributed by atoms with van der Waals surface area (Å²) in [6, 6.07) is 58.8. The number of carbonyl (C=O) groups excluding carboxylic acids is 3. The number of rotatable bonds is 15. The van der Waals surface area contributed by atoms with Crippen molar-refractivity contribution < 1.29 is 41.4 Å². The molecule has 13 aromatic rings. The van der Waals surface area contributed by atoms with E-state index < -0.39 is 0 Å². The van der Waals surface area contributed by atoms with Gasteiger partial charge in [-0.05, 0) is 108 Å². The van der Waals surface area contributed by atoms with Gasteiger partial charge in [0.25, 0.3) is 0 Å². The van der Waals surface area contributed by atoms with Crippen molar-refractivity contribution in [2.45, 2.75) is 34.7 Å². The SMILES string of the molecule is O=C(CSc1n[nH]c(-c2ccccc2)n1)Nc1ccc2c(c1)CCc1ccc(F)cc1O2.O=C(CSc1n[nH]c(-c2ccccc2)n1)Nc1ccc2c(c1)Cc1ccc(F)cc1O2.O=C(CSc1n[nH]c(-c2ccccc2)n1)Nc1ccc2oc3cc(F)ccc3c2c1. The molecule has 0 atom stereocenters. The molecule has 0 spiro atoms. The van der Waals surface area contributed by atoms with Crippen LogP contribution in [0.1, 0.15) is 22.3 Å². The lowest BCUT2D eigenvalue weighted by Gasteiger charge is -2.21. The number of thioether (sulfide) groups is 3. The number of anilines is 3. The van der Waals surface area contributed by atoms with E-state index >= 15 is 0 Å². The highest BCUT2D eigenvalue weighted by atomic mass is 32.2. The van der Waals surface area contributed by atoms with Gasteiger partial charge in [-0.25, -0.2) is 28.1 Å². The predicted octanol–water partition coefficient (Wildman–Crippen LogP) is 15.5. The van der Waals surface area contributed by atoms with Gasteiger partial charge in [-0.3, -0.25) is 29.7 Å². The molecule has 93 heavy (non-hydrogen) atoms. The van der Waals surface area contributed by atoms with E-state index in [1.165, 1.54) is 71.7 Å². The first-order chi connectivity index (χ1) is 45.4. The van der Waals surface area contributed by atoms with Crippen LogP contribution in [-0.2, 0) is 33.6 Å².